The number of carbonyl (C=O) groups excluding carboxylic acids is 1. The van der Waals surface area contributed by atoms with E-state index in [4.69, 9.17) is 9.15 Å². The normalized spacial score (nSPS) is 10.5. The second-order valence-electron chi connectivity index (χ2n) is 4.78. The van der Waals surface area contributed by atoms with Crippen LogP contribution in [0, 0.1) is 6.92 Å². The molecule has 0 aliphatic carbocycles. The summed E-state index contributed by atoms with van der Waals surface area (Å²) in [6.45, 7) is 6.49. The van der Waals surface area contributed by atoms with Crippen molar-refractivity contribution in [3.05, 3.63) is 35.7 Å². The number of hydrogen-bond donors (Lipinski definition) is 0. The molecule has 0 radical (unpaired) electrons. The molecule has 0 saturated carbocycles. The van der Waals surface area contributed by atoms with Gasteiger partial charge < -0.3 is 14.1 Å². The minimum absolute atomic E-state index is 0.0332. The molecule has 1 amide bonds. The summed E-state index contributed by atoms with van der Waals surface area (Å²) in [5.74, 6) is 2.12. The lowest BCUT2D eigenvalue weighted by Gasteiger charge is -2.17. The molecule has 21 heavy (non-hydrogen) atoms. The number of aryl methyl sites for hydroxylation is 1. The van der Waals surface area contributed by atoms with Crippen molar-refractivity contribution in [1.29, 1.82) is 0 Å². The topological polar surface area (TPSA) is 55.6 Å². The highest BCUT2D eigenvalue weighted by Crippen LogP contribution is 2.24. The van der Waals surface area contributed by atoms with Crippen LogP contribution in [0.2, 0.25) is 0 Å². The fraction of sp³-hybridized carbons (Fsp3) is 0.375. The first-order valence-corrected chi connectivity index (χ1v) is 6.91. The van der Waals surface area contributed by atoms with Gasteiger partial charge in [-0.05, 0) is 38.1 Å². The molecule has 0 aliphatic heterocycles. The van der Waals surface area contributed by atoms with E-state index < -0.39 is 0 Å². The second-order valence-corrected chi connectivity index (χ2v) is 4.78. The zero-order valence-electron chi connectivity index (χ0n) is 12.8. The van der Waals surface area contributed by atoms with Crippen LogP contribution in [0.3, 0.4) is 0 Å². The maximum absolute atomic E-state index is 11.5. The third-order valence-electron chi connectivity index (χ3n) is 3.40. The van der Waals surface area contributed by atoms with Gasteiger partial charge in [0.1, 0.15) is 17.2 Å². The molecule has 0 fully saturated rings. The van der Waals surface area contributed by atoms with Crippen molar-refractivity contribution >= 4 is 5.91 Å². The van der Waals surface area contributed by atoms with Crippen LogP contribution in [0.25, 0.3) is 11.5 Å². The number of hydrogen-bond acceptors (Lipinski definition) is 4. The van der Waals surface area contributed by atoms with Crippen molar-refractivity contribution in [1.82, 2.24) is 9.88 Å². The molecule has 0 unspecified atom stereocenters. The molecule has 5 heteroatoms. The van der Waals surface area contributed by atoms with Crippen molar-refractivity contribution in [2.75, 3.05) is 13.7 Å². The number of ether oxygens (including phenoxy) is 1. The highest BCUT2D eigenvalue weighted by atomic mass is 16.5. The van der Waals surface area contributed by atoms with E-state index in [2.05, 4.69) is 4.98 Å². The standard InChI is InChI=1S/C16H20N2O3/c1-5-18(12(3)19)10-15-11(2)21-16(17-15)13-6-8-14(20-4)9-7-13/h6-9H,5,10H2,1-4H3. The highest BCUT2D eigenvalue weighted by Gasteiger charge is 2.15. The largest absolute Gasteiger partial charge is 0.497 e. The van der Waals surface area contributed by atoms with Crippen molar-refractivity contribution in [3.8, 4) is 17.2 Å². The van der Waals surface area contributed by atoms with Gasteiger partial charge in [-0.25, -0.2) is 4.98 Å². The molecule has 2 aromatic rings. The Hall–Kier alpha value is -2.30. The van der Waals surface area contributed by atoms with Gasteiger partial charge in [-0.3, -0.25) is 4.79 Å². The highest BCUT2D eigenvalue weighted by molar-refractivity contribution is 5.73. The fourth-order valence-electron chi connectivity index (χ4n) is 2.06. The maximum atomic E-state index is 11.5. The number of benzene rings is 1. The van der Waals surface area contributed by atoms with E-state index in [0.29, 0.717) is 19.0 Å². The maximum Gasteiger partial charge on any atom is 0.226 e. The van der Waals surface area contributed by atoms with E-state index in [0.717, 1.165) is 22.8 Å². The van der Waals surface area contributed by atoms with Crippen LogP contribution in [0.1, 0.15) is 25.3 Å². The van der Waals surface area contributed by atoms with Gasteiger partial charge in [0.15, 0.2) is 0 Å². The molecule has 0 atom stereocenters. The minimum Gasteiger partial charge on any atom is -0.497 e. The van der Waals surface area contributed by atoms with Crippen LogP contribution in [0.4, 0.5) is 0 Å². The van der Waals surface area contributed by atoms with Crippen LogP contribution in [-0.4, -0.2) is 29.4 Å². The first-order chi connectivity index (χ1) is 10.0. The first-order valence-electron chi connectivity index (χ1n) is 6.91. The number of methoxy groups -OCH3 is 1. The predicted octanol–water partition coefficient (Wildman–Crippen LogP) is 3.03. The average molecular weight is 288 g/mol. The molecular weight excluding hydrogens is 268 g/mol. The molecule has 1 aromatic carbocycles. The van der Waals surface area contributed by atoms with Crippen LogP contribution in [0.15, 0.2) is 28.7 Å². The Morgan fingerprint density at radius 3 is 2.52 bits per heavy atom. The molecule has 1 heterocycles. The monoisotopic (exact) mass is 288 g/mol. The molecule has 0 bridgehead atoms. The van der Waals surface area contributed by atoms with Crippen LogP contribution >= 0.6 is 0 Å². The van der Waals surface area contributed by atoms with Crippen LogP contribution < -0.4 is 4.74 Å². The van der Waals surface area contributed by atoms with Gasteiger partial charge in [-0.2, -0.15) is 0 Å². The van der Waals surface area contributed by atoms with Gasteiger partial charge in [-0.15, -0.1) is 0 Å². The summed E-state index contributed by atoms with van der Waals surface area (Å²) in [4.78, 5) is 17.7. The Bertz CT molecular complexity index is 617. The van der Waals surface area contributed by atoms with Gasteiger partial charge in [-0.1, -0.05) is 0 Å². The molecule has 112 valence electrons. The summed E-state index contributed by atoms with van der Waals surface area (Å²) < 4.78 is 10.8. The molecule has 2 rings (SSSR count). The van der Waals surface area contributed by atoms with Crippen LogP contribution in [-0.2, 0) is 11.3 Å². The van der Waals surface area contributed by atoms with E-state index in [1.807, 2.05) is 38.1 Å². The Balaban J connectivity index is 2.23. The number of amides is 1. The van der Waals surface area contributed by atoms with Gasteiger partial charge in [0, 0.05) is 19.0 Å². The third kappa shape index (κ3) is 3.42. The van der Waals surface area contributed by atoms with Crippen LogP contribution in [0.5, 0.6) is 5.75 Å². The quantitative estimate of drug-likeness (QED) is 0.848. The Morgan fingerprint density at radius 2 is 2.00 bits per heavy atom. The summed E-state index contributed by atoms with van der Waals surface area (Å²) >= 11 is 0. The number of carbonyl (C=O) groups is 1. The zero-order valence-corrected chi connectivity index (χ0v) is 12.8. The fourth-order valence-corrected chi connectivity index (χ4v) is 2.06. The number of nitrogens with zero attached hydrogens (tertiary/aromatic N) is 2. The number of rotatable bonds is 5. The number of aromatic nitrogens is 1. The predicted molar refractivity (Wildman–Crippen MR) is 80.0 cm³/mol. The second kappa shape index (κ2) is 6.43. The molecule has 0 aliphatic rings. The Kier molecular flexibility index (Phi) is 4.62. The van der Waals surface area contributed by atoms with Crippen molar-refractivity contribution in [2.45, 2.75) is 27.3 Å². The van der Waals surface area contributed by atoms with E-state index in [1.165, 1.54) is 0 Å². The molecule has 1 aromatic heterocycles. The zero-order chi connectivity index (χ0) is 15.4. The summed E-state index contributed by atoms with van der Waals surface area (Å²) in [7, 11) is 1.63. The summed E-state index contributed by atoms with van der Waals surface area (Å²) in [5.41, 5.74) is 1.67. The van der Waals surface area contributed by atoms with Gasteiger partial charge in [0.2, 0.25) is 11.8 Å². The van der Waals surface area contributed by atoms with E-state index in [9.17, 15) is 4.79 Å². The van der Waals surface area contributed by atoms with E-state index in [-0.39, 0.29) is 5.91 Å². The first kappa shape index (κ1) is 15.1. The van der Waals surface area contributed by atoms with Gasteiger partial charge in [0.25, 0.3) is 0 Å². The van der Waals surface area contributed by atoms with Crippen molar-refractivity contribution in [2.24, 2.45) is 0 Å². The lowest BCUT2D eigenvalue weighted by Crippen LogP contribution is -2.28. The van der Waals surface area contributed by atoms with E-state index in [1.54, 1.807) is 18.9 Å². The smallest absolute Gasteiger partial charge is 0.226 e. The summed E-state index contributed by atoms with van der Waals surface area (Å²) in [6, 6.07) is 7.53. The minimum atomic E-state index is 0.0332. The SMILES string of the molecule is CCN(Cc1nc(-c2ccc(OC)cc2)oc1C)C(C)=O. The Labute approximate surface area is 124 Å². The van der Waals surface area contributed by atoms with E-state index >= 15 is 0 Å². The lowest BCUT2D eigenvalue weighted by molar-refractivity contribution is -0.129. The molecule has 0 N–H and O–H groups in total. The molecule has 0 saturated heterocycles. The van der Waals surface area contributed by atoms with Gasteiger partial charge >= 0.3 is 0 Å². The average Bonchev–Trinajstić information content (AvgIpc) is 2.85. The summed E-state index contributed by atoms with van der Waals surface area (Å²) in [6.07, 6.45) is 0. The summed E-state index contributed by atoms with van der Waals surface area (Å²) in [5, 5.41) is 0. The molecule has 5 nitrogen and oxygen atoms in total. The third-order valence-corrected chi connectivity index (χ3v) is 3.40. The molecule has 0 spiro atoms. The van der Waals surface area contributed by atoms with Crippen molar-refractivity contribution < 1.29 is 13.9 Å². The van der Waals surface area contributed by atoms with Gasteiger partial charge in [0.05, 0.1) is 13.7 Å². The lowest BCUT2D eigenvalue weighted by atomic mass is 10.2. The Morgan fingerprint density at radius 1 is 1.33 bits per heavy atom. The number of oxazole rings is 1. The molecular formula is C16H20N2O3. The van der Waals surface area contributed by atoms with Crippen molar-refractivity contribution in [3.63, 3.8) is 0 Å².